The minimum atomic E-state index is -0.433. The van der Waals surface area contributed by atoms with Crippen molar-refractivity contribution < 1.29 is 9.21 Å². The SMILES string of the molecule is Cc1ccc2oc(=O)c3cnn(CC(=O)NCCN(C)C4CCCCC4)c3c2c1. The molecular weight excluding hydrogens is 368 g/mol. The van der Waals surface area contributed by atoms with Gasteiger partial charge in [-0.3, -0.25) is 9.48 Å². The van der Waals surface area contributed by atoms with Crippen molar-refractivity contribution in [3.8, 4) is 0 Å². The van der Waals surface area contributed by atoms with Gasteiger partial charge in [-0.05, 0) is 38.9 Å². The molecule has 0 spiro atoms. The Kier molecular flexibility index (Phi) is 5.67. The van der Waals surface area contributed by atoms with Gasteiger partial charge >= 0.3 is 5.63 Å². The van der Waals surface area contributed by atoms with E-state index in [-0.39, 0.29) is 12.5 Å². The van der Waals surface area contributed by atoms with Crippen LogP contribution >= 0.6 is 0 Å². The number of nitrogens with one attached hydrogen (secondary N) is 1. The van der Waals surface area contributed by atoms with Gasteiger partial charge < -0.3 is 14.6 Å². The third kappa shape index (κ3) is 4.19. The Morgan fingerprint density at radius 1 is 1.28 bits per heavy atom. The molecule has 154 valence electrons. The summed E-state index contributed by atoms with van der Waals surface area (Å²) in [6.07, 6.45) is 7.92. The van der Waals surface area contributed by atoms with E-state index in [0.717, 1.165) is 17.5 Å². The number of likely N-dealkylation sites (N-methyl/N-ethyl adjacent to an activating group) is 1. The summed E-state index contributed by atoms with van der Waals surface area (Å²) in [5.41, 5.74) is 1.77. The Bertz CT molecular complexity index is 1080. The van der Waals surface area contributed by atoms with Crippen LogP contribution in [0.15, 0.2) is 33.6 Å². The maximum atomic E-state index is 12.5. The number of benzene rings is 1. The Morgan fingerprint density at radius 3 is 2.86 bits per heavy atom. The number of hydrogen-bond donors (Lipinski definition) is 1. The van der Waals surface area contributed by atoms with Crippen molar-refractivity contribution in [2.75, 3.05) is 20.1 Å². The van der Waals surface area contributed by atoms with Gasteiger partial charge in [-0.1, -0.05) is 30.9 Å². The number of carbonyl (C=O) groups is 1. The van der Waals surface area contributed by atoms with Crippen molar-refractivity contribution in [2.24, 2.45) is 0 Å². The summed E-state index contributed by atoms with van der Waals surface area (Å²) in [7, 11) is 2.14. The van der Waals surface area contributed by atoms with Crippen LogP contribution in [0.2, 0.25) is 0 Å². The van der Waals surface area contributed by atoms with Crippen LogP contribution in [0.1, 0.15) is 37.7 Å². The summed E-state index contributed by atoms with van der Waals surface area (Å²) in [6.45, 7) is 3.49. The fourth-order valence-corrected chi connectivity index (χ4v) is 4.28. The van der Waals surface area contributed by atoms with E-state index in [1.807, 2.05) is 19.1 Å². The lowest BCUT2D eigenvalue weighted by Crippen LogP contribution is -2.40. The summed E-state index contributed by atoms with van der Waals surface area (Å²) >= 11 is 0. The Balaban J connectivity index is 1.45. The van der Waals surface area contributed by atoms with Crippen molar-refractivity contribution >= 4 is 27.8 Å². The second-order valence-corrected chi connectivity index (χ2v) is 8.08. The van der Waals surface area contributed by atoms with E-state index in [2.05, 4.69) is 22.4 Å². The van der Waals surface area contributed by atoms with Gasteiger partial charge in [0.2, 0.25) is 5.91 Å². The molecule has 0 aliphatic heterocycles. The molecular formula is C22H28N4O3. The predicted molar refractivity (Wildman–Crippen MR) is 113 cm³/mol. The summed E-state index contributed by atoms with van der Waals surface area (Å²) in [5.74, 6) is -0.110. The van der Waals surface area contributed by atoms with E-state index in [0.29, 0.717) is 29.1 Å². The molecule has 7 nitrogen and oxygen atoms in total. The van der Waals surface area contributed by atoms with E-state index >= 15 is 0 Å². The molecule has 1 fully saturated rings. The lowest BCUT2D eigenvalue weighted by molar-refractivity contribution is -0.121. The van der Waals surface area contributed by atoms with E-state index in [4.69, 9.17) is 4.42 Å². The molecule has 0 unspecified atom stereocenters. The number of hydrogen-bond acceptors (Lipinski definition) is 5. The molecule has 1 saturated carbocycles. The minimum Gasteiger partial charge on any atom is -0.422 e. The minimum absolute atomic E-state index is 0.0726. The van der Waals surface area contributed by atoms with Crippen LogP contribution in [0.5, 0.6) is 0 Å². The summed E-state index contributed by atoms with van der Waals surface area (Å²) in [4.78, 5) is 27.1. The number of aromatic nitrogens is 2. The summed E-state index contributed by atoms with van der Waals surface area (Å²) in [5, 5.41) is 8.45. The van der Waals surface area contributed by atoms with Crippen LogP contribution in [-0.2, 0) is 11.3 Å². The summed E-state index contributed by atoms with van der Waals surface area (Å²) < 4.78 is 6.97. The zero-order valence-electron chi connectivity index (χ0n) is 17.1. The van der Waals surface area contributed by atoms with E-state index in [9.17, 15) is 9.59 Å². The van der Waals surface area contributed by atoms with E-state index < -0.39 is 5.63 Å². The number of carbonyl (C=O) groups excluding carboxylic acids is 1. The quantitative estimate of drug-likeness (QED) is 0.648. The highest BCUT2D eigenvalue weighted by Crippen LogP contribution is 2.24. The zero-order chi connectivity index (χ0) is 20.4. The molecule has 1 aliphatic rings. The lowest BCUT2D eigenvalue weighted by Gasteiger charge is -2.31. The first kappa shape index (κ1) is 19.6. The zero-order valence-corrected chi connectivity index (χ0v) is 17.1. The average molecular weight is 396 g/mol. The second kappa shape index (κ2) is 8.37. The number of aryl methyl sites for hydroxylation is 1. The molecule has 0 radical (unpaired) electrons. The number of nitrogens with zero attached hydrogens (tertiary/aromatic N) is 3. The van der Waals surface area contributed by atoms with E-state index in [1.54, 1.807) is 10.7 Å². The number of rotatable bonds is 6. The van der Waals surface area contributed by atoms with Crippen LogP contribution in [0, 0.1) is 6.92 Å². The monoisotopic (exact) mass is 396 g/mol. The van der Waals surface area contributed by atoms with Crippen LogP contribution < -0.4 is 10.9 Å². The van der Waals surface area contributed by atoms with E-state index in [1.165, 1.54) is 38.3 Å². The molecule has 3 aromatic rings. The Morgan fingerprint density at radius 2 is 2.07 bits per heavy atom. The summed E-state index contributed by atoms with van der Waals surface area (Å²) in [6, 6.07) is 6.26. The van der Waals surface area contributed by atoms with Gasteiger partial charge in [-0.2, -0.15) is 5.10 Å². The van der Waals surface area contributed by atoms with Gasteiger partial charge in [0.1, 0.15) is 17.5 Å². The topological polar surface area (TPSA) is 80.4 Å². The molecule has 0 atom stereocenters. The third-order valence-electron chi connectivity index (χ3n) is 5.93. The maximum Gasteiger partial charge on any atom is 0.347 e. The maximum absolute atomic E-state index is 12.5. The fraction of sp³-hybridized carbons (Fsp3) is 0.500. The molecule has 2 aromatic heterocycles. The normalized spacial score (nSPS) is 15.4. The van der Waals surface area contributed by atoms with Gasteiger partial charge in [-0.15, -0.1) is 0 Å². The van der Waals surface area contributed by atoms with Crippen molar-refractivity contribution in [1.29, 1.82) is 0 Å². The first-order valence-electron chi connectivity index (χ1n) is 10.4. The average Bonchev–Trinajstić information content (AvgIpc) is 3.14. The van der Waals surface area contributed by atoms with Crippen molar-refractivity contribution in [1.82, 2.24) is 20.0 Å². The molecule has 0 bridgehead atoms. The number of fused-ring (bicyclic) bond motifs is 3. The molecule has 7 heteroatoms. The van der Waals surface area contributed by atoms with Crippen LogP contribution in [0.3, 0.4) is 0 Å². The van der Waals surface area contributed by atoms with Crippen LogP contribution in [0.25, 0.3) is 21.9 Å². The highest BCUT2D eigenvalue weighted by molar-refractivity contribution is 6.02. The molecule has 1 amide bonds. The van der Waals surface area contributed by atoms with Gasteiger partial charge in [0.05, 0.1) is 11.7 Å². The molecule has 1 aliphatic carbocycles. The van der Waals surface area contributed by atoms with Gasteiger partial charge in [0.15, 0.2) is 0 Å². The fourth-order valence-electron chi connectivity index (χ4n) is 4.28. The molecule has 1 aromatic carbocycles. The van der Waals surface area contributed by atoms with Gasteiger partial charge in [0.25, 0.3) is 0 Å². The highest BCUT2D eigenvalue weighted by atomic mass is 16.4. The Hall–Kier alpha value is -2.67. The standard InChI is InChI=1S/C22H28N4O3/c1-15-8-9-19-17(12-15)21-18(22(28)29-19)13-24-26(21)14-20(27)23-10-11-25(2)16-6-4-3-5-7-16/h8-9,12-13,16H,3-7,10-11,14H2,1-2H3,(H,23,27). The van der Waals surface area contributed by atoms with Crippen molar-refractivity contribution in [2.45, 2.75) is 51.6 Å². The largest absolute Gasteiger partial charge is 0.422 e. The molecule has 2 heterocycles. The molecule has 0 saturated heterocycles. The second-order valence-electron chi connectivity index (χ2n) is 8.08. The molecule has 1 N–H and O–H groups in total. The van der Waals surface area contributed by atoms with Crippen molar-refractivity contribution in [3.63, 3.8) is 0 Å². The van der Waals surface area contributed by atoms with Crippen molar-refractivity contribution in [3.05, 3.63) is 40.4 Å². The lowest BCUT2D eigenvalue weighted by atomic mass is 9.94. The first-order valence-corrected chi connectivity index (χ1v) is 10.4. The first-order chi connectivity index (χ1) is 14.0. The molecule has 29 heavy (non-hydrogen) atoms. The smallest absolute Gasteiger partial charge is 0.347 e. The molecule has 4 rings (SSSR count). The highest BCUT2D eigenvalue weighted by Gasteiger charge is 2.18. The van der Waals surface area contributed by atoms with Crippen LogP contribution in [-0.4, -0.2) is 46.8 Å². The third-order valence-corrected chi connectivity index (χ3v) is 5.93. The van der Waals surface area contributed by atoms with Crippen LogP contribution in [0.4, 0.5) is 0 Å². The predicted octanol–water partition coefficient (Wildman–Crippen LogP) is 2.83. The van der Waals surface area contributed by atoms with Gasteiger partial charge in [-0.25, -0.2) is 4.79 Å². The van der Waals surface area contributed by atoms with Gasteiger partial charge in [0, 0.05) is 24.5 Å². The Labute approximate surface area is 169 Å². The number of amides is 1.